The van der Waals surface area contributed by atoms with Crippen molar-refractivity contribution in [1.29, 1.82) is 0 Å². The van der Waals surface area contributed by atoms with Gasteiger partial charge in [0, 0.05) is 6.54 Å². The summed E-state index contributed by atoms with van der Waals surface area (Å²) in [6.07, 6.45) is -1.40. The molecule has 5 unspecified atom stereocenters. The first kappa shape index (κ1) is 26.7. The number of nitrogens with one attached hydrogen (secondary N) is 2. The second kappa shape index (κ2) is 12.1. The van der Waals surface area contributed by atoms with E-state index in [1.54, 1.807) is 30.3 Å². The van der Waals surface area contributed by atoms with Crippen molar-refractivity contribution in [2.45, 2.75) is 62.9 Å². The monoisotopic (exact) mass is 478 g/mol. The van der Waals surface area contributed by atoms with Gasteiger partial charge in [-0.1, -0.05) is 30.3 Å². The zero-order valence-corrected chi connectivity index (χ0v) is 18.7. The molecule has 1 saturated heterocycles. The van der Waals surface area contributed by atoms with Crippen LogP contribution >= 0.6 is 0 Å². The molecule has 12 heteroatoms. The van der Waals surface area contributed by atoms with Crippen molar-refractivity contribution in [2.24, 2.45) is 5.73 Å². The van der Waals surface area contributed by atoms with E-state index in [1.165, 1.54) is 6.92 Å². The van der Waals surface area contributed by atoms with Crippen molar-refractivity contribution < 1.29 is 39.3 Å². The van der Waals surface area contributed by atoms with E-state index < -0.39 is 66.4 Å². The van der Waals surface area contributed by atoms with E-state index in [2.05, 4.69) is 10.6 Å². The lowest BCUT2D eigenvalue weighted by Crippen LogP contribution is -2.60. The van der Waals surface area contributed by atoms with Gasteiger partial charge in [-0.3, -0.25) is 19.2 Å². The van der Waals surface area contributed by atoms with Crippen LogP contribution in [-0.2, 0) is 30.4 Å². The van der Waals surface area contributed by atoms with Crippen molar-refractivity contribution in [3.63, 3.8) is 0 Å². The van der Waals surface area contributed by atoms with E-state index in [1.807, 2.05) is 0 Å². The zero-order chi connectivity index (χ0) is 25.4. The summed E-state index contributed by atoms with van der Waals surface area (Å²) in [6.45, 7) is 1.34. The lowest BCUT2D eigenvalue weighted by Gasteiger charge is -2.29. The number of hydrogen-bond acceptors (Lipinski definition) is 7. The van der Waals surface area contributed by atoms with Gasteiger partial charge in [-0.25, -0.2) is 4.79 Å². The van der Waals surface area contributed by atoms with Gasteiger partial charge in [0.2, 0.25) is 17.7 Å². The quantitative estimate of drug-likeness (QED) is 0.218. The highest BCUT2D eigenvalue weighted by Crippen LogP contribution is 2.19. The van der Waals surface area contributed by atoms with Gasteiger partial charge in [-0.2, -0.15) is 0 Å². The summed E-state index contributed by atoms with van der Waals surface area (Å²) in [6, 6.07) is 3.65. The lowest BCUT2D eigenvalue weighted by atomic mass is 10.0. The average molecular weight is 479 g/mol. The smallest absolute Gasteiger partial charge is 0.326 e. The van der Waals surface area contributed by atoms with Crippen LogP contribution in [0.25, 0.3) is 0 Å². The average Bonchev–Trinajstić information content (AvgIpc) is 3.26. The number of carbonyl (C=O) groups excluding carboxylic acids is 3. The summed E-state index contributed by atoms with van der Waals surface area (Å²) >= 11 is 0. The fourth-order valence-electron chi connectivity index (χ4n) is 3.75. The molecule has 0 bridgehead atoms. The molecule has 12 nitrogen and oxygen atoms in total. The Morgan fingerprint density at radius 3 is 2.29 bits per heavy atom. The Hall–Kier alpha value is -3.51. The van der Waals surface area contributed by atoms with Crippen LogP contribution in [0.2, 0.25) is 0 Å². The zero-order valence-electron chi connectivity index (χ0n) is 18.7. The Morgan fingerprint density at radius 1 is 1.09 bits per heavy atom. The minimum atomic E-state index is -1.58. The van der Waals surface area contributed by atoms with E-state index >= 15 is 0 Å². The molecule has 2 rings (SSSR count). The number of rotatable bonds is 11. The van der Waals surface area contributed by atoms with Crippen LogP contribution in [0, 0.1) is 0 Å². The maximum Gasteiger partial charge on any atom is 0.326 e. The molecule has 0 saturated carbocycles. The number of aliphatic hydroxyl groups excluding tert-OH is 1. The molecule has 7 N–H and O–H groups in total. The van der Waals surface area contributed by atoms with Crippen molar-refractivity contribution in [1.82, 2.24) is 15.5 Å². The molecule has 1 aromatic carbocycles. The summed E-state index contributed by atoms with van der Waals surface area (Å²) in [5, 5.41) is 33.1. The van der Waals surface area contributed by atoms with Crippen molar-refractivity contribution in [3.05, 3.63) is 35.9 Å². The number of hydrogen-bond donors (Lipinski definition) is 6. The van der Waals surface area contributed by atoms with Gasteiger partial charge in [-0.05, 0) is 31.7 Å². The van der Waals surface area contributed by atoms with Crippen molar-refractivity contribution in [3.8, 4) is 0 Å². The van der Waals surface area contributed by atoms with E-state index in [0.29, 0.717) is 6.42 Å². The number of benzene rings is 1. The molecule has 186 valence electrons. The van der Waals surface area contributed by atoms with Gasteiger partial charge in [0.05, 0.1) is 18.6 Å². The number of carboxylic acids is 2. The van der Waals surface area contributed by atoms with E-state index in [4.69, 9.17) is 5.73 Å². The molecule has 0 radical (unpaired) electrons. The van der Waals surface area contributed by atoms with E-state index in [0.717, 1.165) is 10.5 Å². The first-order chi connectivity index (χ1) is 16.0. The fraction of sp³-hybridized carbons (Fsp3) is 0.500. The highest BCUT2D eigenvalue weighted by molar-refractivity contribution is 5.96. The van der Waals surface area contributed by atoms with Gasteiger partial charge in [0.15, 0.2) is 0 Å². The first-order valence-electron chi connectivity index (χ1n) is 10.8. The molecule has 0 aliphatic carbocycles. The Balaban J connectivity index is 2.10. The number of carbonyl (C=O) groups is 5. The van der Waals surface area contributed by atoms with Crippen LogP contribution in [-0.4, -0.2) is 86.7 Å². The highest BCUT2D eigenvalue weighted by Gasteiger charge is 2.39. The number of amides is 3. The number of aliphatic hydroxyl groups is 1. The highest BCUT2D eigenvalue weighted by atomic mass is 16.4. The molecule has 1 fully saturated rings. The van der Waals surface area contributed by atoms with Gasteiger partial charge in [0.1, 0.15) is 18.1 Å². The minimum absolute atomic E-state index is 0.104. The summed E-state index contributed by atoms with van der Waals surface area (Å²) < 4.78 is 0. The number of carboxylic acid groups (broad SMARTS) is 2. The van der Waals surface area contributed by atoms with Crippen LogP contribution in [0.4, 0.5) is 0 Å². The SMILES string of the molecule is CC(O)C(NC(=O)C(N)Cc1ccccc1)C(=O)NC(CC(=O)O)C(=O)N1CCCC1C(=O)O. The van der Waals surface area contributed by atoms with Crippen LogP contribution in [0.5, 0.6) is 0 Å². The first-order valence-corrected chi connectivity index (χ1v) is 10.8. The third-order valence-corrected chi connectivity index (χ3v) is 5.51. The van der Waals surface area contributed by atoms with Gasteiger partial charge >= 0.3 is 11.9 Å². The Kier molecular flexibility index (Phi) is 9.51. The topological polar surface area (TPSA) is 199 Å². The van der Waals surface area contributed by atoms with Crippen LogP contribution in [0.3, 0.4) is 0 Å². The summed E-state index contributed by atoms with van der Waals surface area (Å²) in [5.41, 5.74) is 6.71. The third-order valence-electron chi connectivity index (χ3n) is 5.51. The molecule has 5 atom stereocenters. The molecule has 1 aromatic rings. The largest absolute Gasteiger partial charge is 0.481 e. The molecule has 1 heterocycles. The second-order valence-corrected chi connectivity index (χ2v) is 8.21. The summed E-state index contributed by atoms with van der Waals surface area (Å²) in [7, 11) is 0. The maximum absolute atomic E-state index is 12.9. The number of nitrogens with zero attached hydrogens (tertiary/aromatic N) is 1. The molecular formula is C22H30N4O8. The van der Waals surface area contributed by atoms with Crippen LogP contribution in [0.15, 0.2) is 30.3 Å². The number of nitrogens with two attached hydrogens (primary N) is 1. The molecule has 1 aliphatic rings. The van der Waals surface area contributed by atoms with Gasteiger partial charge in [0.25, 0.3) is 0 Å². The normalized spacial score (nSPS) is 18.9. The molecule has 0 spiro atoms. The number of aliphatic carboxylic acids is 2. The molecular weight excluding hydrogens is 448 g/mol. The van der Waals surface area contributed by atoms with Crippen LogP contribution in [0.1, 0.15) is 31.7 Å². The van der Waals surface area contributed by atoms with Crippen molar-refractivity contribution >= 4 is 29.7 Å². The minimum Gasteiger partial charge on any atom is -0.481 e. The van der Waals surface area contributed by atoms with Crippen molar-refractivity contribution in [2.75, 3.05) is 6.54 Å². The third kappa shape index (κ3) is 7.25. The predicted molar refractivity (Wildman–Crippen MR) is 118 cm³/mol. The lowest BCUT2D eigenvalue weighted by molar-refractivity contribution is -0.150. The summed E-state index contributed by atoms with van der Waals surface area (Å²) in [4.78, 5) is 61.9. The van der Waals surface area contributed by atoms with E-state index in [9.17, 15) is 39.3 Å². The molecule has 34 heavy (non-hydrogen) atoms. The summed E-state index contributed by atoms with van der Waals surface area (Å²) in [5.74, 6) is -5.21. The number of likely N-dealkylation sites (tertiary alicyclic amines) is 1. The Labute approximate surface area is 196 Å². The van der Waals surface area contributed by atoms with Crippen LogP contribution < -0.4 is 16.4 Å². The molecule has 1 aliphatic heterocycles. The van der Waals surface area contributed by atoms with Gasteiger partial charge in [-0.15, -0.1) is 0 Å². The molecule has 3 amide bonds. The fourth-order valence-corrected chi connectivity index (χ4v) is 3.75. The van der Waals surface area contributed by atoms with E-state index in [-0.39, 0.29) is 19.4 Å². The second-order valence-electron chi connectivity index (χ2n) is 8.21. The Bertz CT molecular complexity index is 907. The Morgan fingerprint density at radius 2 is 1.74 bits per heavy atom. The standard InChI is InChI=1S/C22H30N4O8/c1-12(27)18(25-19(30)14(23)10-13-6-3-2-4-7-13)20(31)24-15(11-17(28)29)21(32)26-9-5-8-16(26)22(33)34/h2-4,6-7,12,14-16,18,27H,5,8-11,23H2,1H3,(H,24,31)(H,25,30)(H,28,29)(H,33,34). The van der Waals surface area contributed by atoms with Gasteiger partial charge < -0.3 is 36.6 Å². The predicted octanol–water partition coefficient (Wildman–Crippen LogP) is -1.54. The molecule has 0 aromatic heterocycles. The maximum atomic E-state index is 12.9.